The van der Waals surface area contributed by atoms with Crippen molar-refractivity contribution in [3.05, 3.63) is 30.1 Å². The van der Waals surface area contributed by atoms with Gasteiger partial charge in [-0.2, -0.15) is 0 Å². The van der Waals surface area contributed by atoms with Gasteiger partial charge >= 0.3 is 0 Å². The number of piperidine rings is 1. The first-order valence-electron chi connectivity index (χ1n) is 7.40. The van der Waals surface area contributed by atoms with Crippen LogP contribution >= 0.6 is 0 Å². The van der Waals surface area contributed by atoms with Gasteiger partial charge in [0.1, 0.15) is 11.6 Å². The van der Waals surface area contributed by atoms with Gasteiger partial charge in [-0.05, 0) is 43.0 Å². The van der Waals surface area contributed by atoms with Crippen LogP contribution in [0, 0.1) is 11.7 Å². The van der Waals surface area contributed by atoms with Crippen molar-refractivity contribution < 1.29 is 19.0 Å². The lowest BCUT2D eigenvalue weighted by Gasteiger charge is -2.34. The molecule has 1 saturated heterocycles. The van der Waals surface area contributed by atoms with Crippen molar-refractivity contribution in [3.63, 3.8) is 0 Å². The second-order valence-electron chi connectivity index (χ2n) is 5.58. The maximum absolute atomic E-state index is 12.7. The van der Waals surface area contributed by atoms with Crippen molar-refractivity contribution in [1.29, 1.82) is 0 Å². The molecule has 0 radical (unpaired) electrons. The molecule has 2 rings (SSSR count). The van der Waals surface area contributed by atoms with Crippen molar-refractivity contribution >= 4 is 5.91 Å². The van der Waals surface area contributed by atoms with Crippen LogP contribution in [0.3, 0.4) is 0 Å². The van der Waals surface area contributed by atoms with E-state index in [1.807, 2.05) is 6.92 Å². The minimum atomic E-state index is -0.418. The summed E-state index contributed by atoms with van der Waals surface area (Å²) in [4.78, 5) is 13.7. The average molecular weight is 295 g/mol. The second-order valence-corrected chi connectivity index (χ2v) is 5.58. The smallest absolute Gasteiger partial charge is 0.222 e. The molecule has 1 aliphatic heterocycles. The predicted molar refractivity (Wildman–Crippen MR) is 77.5 cm³/mol. The van der Waals surface area contributed by atoms with Gasteiger partial charge in [0.05, 0.1) is 12.7 Å². The molecule has 1 fully saturated rings. The van der Waals surface area contributed by atoms with Crippen LogP contribution in [0.4, 0.5) is 4.39 Å². The third kappa shape index (κ3) is 4.70. The molecule has 0 aromatic heterocycles. The van der Waals surface area contributed by atoms with Gasteiger partial charge < -0.3 is 14.7 Å². The molecular formula is C16H22FNO3. The van der Waals surface area contributed by atoms with Crippen LogP contribution < -0.4 is 4.74 Å². The first-order valence-corrected chi connectivity index (χ1v) is 7.40. The van der Waals surface area contributed by atoms with Gasteiger partial charge in [0, 0.05) is 19.5 Å². The Hall–Kier alpha value is -1.62. The Kier molecular flexibility index (Phi) is 5.56. The van der Waals surface area contributed by atoms with E-state index in [4.69, 9.17) is 4.74 Å². The highest BCUT2D eigenvalue weighted by Crippen LogP contribution is 2.18. The highest BCUT2D eigenvalue weighted by atomic mass is 19.1. The van der Waals surface area contributed by atoms with Crippen molar-refractivity contribution in [2.24, 2.45) is 5.92 Å². The number of rotatable bonds is 5. The molecule has 0 saturated carbocycles. The zero-order valence-electron chi connectivity index (χ0n) is 12.3. The molecule has 0 spiro atoms. The molecule has 1 aromatic rings. The van der Waals surface area contributed by atoms with E-state index < -0.39 is 6.10 Å². The first-order chi connectivity index (χ1) is 10.1. The van der Waals surface area contributed by atoms with E-state index in [1.165, 1.54) is 12.1 Å². The Balaban J connectivity index is 1.66. The molecule has 1 N–H and O–H groups in total. The Morgan fingerprint density at radius 1 is 1.43 bits per heavy atom. The van der Waals surface area contributed by atoms with E-state index >= 15 is 0 Å². The van der Waals surface area contributed by atoms with Crippen molar-refractivity contribution in [3.8, 4) is 5.75 Å². The SMILES string of the molecule is CC1CCN(C(=O)CCCOc2ccc(F)cc2)CC1O. The average Bonchev–Trinajstić information content (AvgIpc) is 2.48. The Labute approximate surface area is 124 Å². The summed E-state index contributed by atoms with van der Waals surface area (Å²) in [6, 6.07) is 5.83. The summed E-state index contributed by atoms with van der Waals surface area (Å²) < 4.78 is 18.2. The number of hydrogen-bond acceptors (Lipinski definition) is 3. The zero-order chi connectivity index (χ0) is 15.2. The molecule has 1 heterocycles. The summed E-state index contributed by atoms with van der Waals surface area (Å²) in [6.45, 7) is 3.57. The van der Waals surface area contributed by atoms with Crippen molar-refractivity contribution in [2.75, 3.05) is 19.7 Å². The van der Waals surface area contributed by atoms with Crippen LogP contribution in [-0.4, -0.2) is 41.7 Å². The normalized spacial score (nSPS) is 22.1. The zero-order valence-corrected chi connectivity index (χ0v) is 12.3. The number of benzene rings is 1. The number of nitrogens with zero attached hydrogens (tertiary/aromatic N) is 1. The predicted octanol–water partition coefficient (Wildman–Crippen LogP) is 2.21. The van der Waals surface area contributed by atoms with Crippen LogP contribution in [0.2, 0.25) is 0 Å². The standard InChI is InChI=1S/C16H22FNO3/c1-12-8-9-18(11-15(12)19)16(20)3-2-10-21-14-6-4-13(17)5-7-14/h4-7,12,15,19H,2-3,8-11H2,1H3. The van der Waals surface area contributed by atoms with Gasteiger partial charge in [0.15, 0.2) is 0 Å². The van der Waals surface area contributed by atoms with E-state index in [1.54, 1.807) is 17.0 Å². The number of aliphatic hydroxyl groups is 1. The topological polar surface area (TPSA) is 49.8 Å². The molecule has 21 heavy (non-hydrogen) atoms. The largest absolute Gasteiger partial charge is 0.494 e. The molecule has 1 amide bonds. The Morgan fingerprint density at radius 2 is 2.14 bits per heavy atom. The molecule has 4 nitrogen and oxygen atoms in total. The minimum Gasteiger partial charge on any atom is -0.494 e. The monoisotopic (exact) mass is 295 g/mol. The second kappa shape index (κ2) is 7.41. The number of amides is 1. The summed E-state index contributed by atoms with van der Waals surface area (Å²) in [5.74, 6) is 0.626. The van der Waals surface area contributed by atoms with E-state index in [0.29, 0.717) is 31.7 Å². The van der Waals surface area contributed by atoms with Gasteiger partial charge in [-0.25, -0.2) is 4.39 Å². The molecule has 0 aliphatic carbocycles. The number of likely N-dealkylation sites (tertiary alicyclic amines) is 1. The number of carbonyl (C=O) groups excluding carboxylic acids is 1. The number of β-amino-alcohol motifs (C(OH)–C–C–N with tert-alkyl or cyclic N) is 1. The minimum absolute atomic E-state index is 0.0589. The quantitative estimate of drug-likeness (QED) is 0.847. The molecule has 116 valence electrons. The summed E-state index contributed by atoms with van der Waals surface area (Å²) in [7, 11) is 0. The van der Waals surface area contributed by atoms with Gasteiger partial charge in [-0.3, -0.25) is 4.79 Å². The van der Waals surface area contributed by atoms with Crippen molar-refractivity contribution in [2.45, 2.75) is 32.3 Å². The summed E-state index contributed by atoms with van der Waals surface area (Å²) in [5, 5.41) is 9.79. The molecule has 0 bridgehead atoms. The lowest BCUT2D eigenvalue weighted by Crippen LogP contribution is -2.45. The van der Waals surface area contributed by atoms with Crippen molar-refractivity contribution in [1.82, 2.24) is 4.90 Å². The molecule has 5 heteroatoms. The summed E-state index contributed by atoms with van der Waals surface area (Å²) in [5.41, 5.74) is 0. The molecule has 1 aliphatic rings. The van der Waals surface area contributed by atoms with Gasteiger partial charge in [0.2, 0.25) is 5.91 Å². The summed E-state index contributed by atoms with van der Waals surface area (Å²) >= 11 is 0. The fourth-order valence-electron chi connectivity index (χ4n) is 2.38. The third-order valence-corrected chi connectivity index (χ3v) is 3.89. The molecule has 2 atom stereocenters. The molecule has 2 unspecified atom stereocenters. The van der Waals surface area contributed by atoms with Crippen LogP contribution in [0.25, 0.3) is 0 Å². The Bertz CT molecular complexity index is 463. The molecule has 1 aromatic carbocycles. The van der Waals surface area contributed by atoms with E-state index in [9.17, 15) is 14.3 Å². The van der Waals surface area contributed by atoms with Gasteiger partial charge in [-0.1, -0.05) is 6.92 Å². The third-order valence-electron chi connectivity index (χ3n) is 3.89. The van der Waals surface area contributed by atoms with E-state index in [-0.39, 0.29) is 17.6 Å². The fourth-order valence-corrected chi connectivity index (χ4v) is 2.38. The van der Waals surface area contributed by atoms with Crippen LogP contribution in [-0.2, 0) is 4.79 Å². The van der Waals surface area contributed by atoms with Gasteiger partial charge in [0.25, 0.3) is 0 Å². The number of carbonyl (C=O) groups is 1. The highest BCUT2D eigenvalue weighted by Gasteiger charge is 2.26. The number of aliphatic hydroxyl groups excluding tert-OH is 1. The summed E-state index contributed by atoms with van der Waals surface area (Å²) in [6.07, 6.45) is 1.44. The lowest BCUT2D eigenvalue weighted by atomic mass is 9.96. The van der Waals surface area contributed by atoms with Crippen LogP contribution in [0.5, 0.6) is 5.75 Å². The van der Waals surface area contributed by atoms with Gasteiger partial charge in [-0.15, -0.1) is 0 Å². The van der Waals surface area contributed by atoms with Crippen LogP contribution in [0.15, 0.2) is 24.3 Å². The maximum atomic E-state index is 12.7. The fraction of sp³-hybridized carbons (Fsp3) is 0.562. The van der Waals surface area contributed by atoms with E-state index in [2.05, 4.69) is 0 Å². The maximum Gasteiger partial charge on any atom is 0.222 e. The molecular weight excluding hydrogens is 273 g/mol. The Morgan fingerprint density at radius 3 is 2.81 bits per heavy atom. The van der Waals surface area contributed by atoms with E-state index in [0.717, 1.165) is 13.0 Å². The first kappa shape index (κ1) is 15.8. The number of ether oxygens (including phenoxy) is 1. The number of hydrogen-bond donors (Lipinski definition) is 1. The highest BCUT2D eigenvalue weighted by molar-refractivity contribution is 5.76. The van der Waals surface area contributed by atoms with Crippen LogP contribution in [0.1, 0.15) is 26.2 Å². The lowest BCUT2D eigenvalue weighted by molar-refractivity contribution is -0.135. The number of halogens is 1.